The van der Waals surface area contributed by atoms with Crippen LogP contribution in [0.4, 0.5) is 0 Å². The number of hydrogen-bond acceptors (Lipinski definition) is 3. The van der Waals surface area contributed by atoms with Crippen LogP contribution in [-0.4, -0.2) is 35.1 Å². The fraction of sp³-hybridized carbons (Fsp3) is 0.571. The molecule has 4 heteroatoms. The van der Waals surface area contributed by atoms with Crippen LogP contribution in [0.2, 0.25) is 0 Å². The summed E-state index contributed by atoms with van der Waals surface area (Å²) in [7, 11) is -0.569. The fourth-order valence-corrected chi connectivity index (χ4v) is 4.41. The molecule has 1 aliphatic heterocycles. The van der Waals surface area contributed by atoms with Gasteiger partial charge in [-0.1, -0.05) is 44.2 Å². The highest BCUT2D eigenvalue weighted by Gasteiger charge is 2.34. The Morgan fingerprint density at radius 2 is 1.94 bits per heavy atom. The van der Waals surface area contributed by atoms with E-state index >= 15 is 0 Å². The van der Waals surface area contributed by atoms with Gasteiger partial charge in [-0.15, -0.1) is 0 Å². The first-order valence-corrected chi connectivity index (χ1v) is 7.91. The Hall–Kier alpha value is -0.470. The van der Waals surface area contributed by atoms with Crippen molar-refractivity contribution >= 4 is 8.45 Å². The van der Waals surface area contributed by atoms with Crippen molar-refractivity contribution in [1.29, 1.82) is 0 Å². The van der Waals surface area contributed by atoms with Gasteiger partial charge in [-0.05, 0) is 12.5 Å². The van der Waals surface area contributed by atoms with E-state index in [1.165, 1.54) is 5.56 Å². The molecule has 1 heterocycles. The Kier molecular flexibility index (Phi) is 5.13. The highest BCUT2D eigenvalue weighted by molar-refractivity contribution is 7.47. The van der Waals surface area contributed by atoms with Crippen molar-refractivity contribution in [3.05, 3.63) is 35.9 Å². The van der Waals surface area contributed by atoms with Gasteiger partial charge in [0.25, 0.3) is 0 Å². The maximum absolute atomic E-state index is 6.11. The molecule has 0 unspecified atom stereocenters. The Balaban J connectivity index is 2.05. The van der Waals surface area contributed by atoms with Gasteiger partial charge in [0.05, 0.1) is 6.10 Å². The molecule has 1 aromatic carbocycles. The van der Waals surface area contributed by atoms with E-state index < -0.39 is 8.45 Å². The molecule has 1 aromatic rings. The van der Waals surface area contributed by atoms with Crippen molar-refractivity contribution in [3.63, 3.8) is 0 Å². The van der Waals surface area contributed by atoms with Crippen molar-refractivity contribution in [2.24, 2.45) is 0 Å². The van der Waals surface area contributed by atoms with Gasteiger partial charge in [0.1, 0.15) is 0 Å². The molecule has 1 aliphatic rings. The summed E-state index contributed by atoms with van der Waals surface area (Å²) in [5.74, 6) is 0. The van der Waals surface area contributed by atoms with Crippen LogP contribution in [-0.2, 0) is 11.1 Å². The predicted octanol–water partition coefficient (Wildman–Crippen LogP) is 3.48. The lowest BCUT2D eigenvalue weighted by Crippen LogP contribution is -2.25. The van der Waals surface area contributed by atoms with Crippen molar-refractivity contribution in [2.75, 3.05) is 19.6 Å². The zero-order valence-corrected chi connectivity index (χ0v) is 12.4. The van der Waals surface area contributed by atoms with Crippen LogP contribution in [0.15, 0.2) is 30.3 Å². The number of rotatable bonds is 5. The molecule has 2 atom stereocenters. The molecule has 1 fully saturated rings. The molecule has 3 nitrogen and oxygen atoms in total. The van der Waals surface area contributed by atoms with E-state index in [2.05, 4.69) is 60.4 Å². The molecule has 100 valence electrons. The maximum Gasteiger partial charge on any atom is 0.188 e. The molecule has 0 aromatic heterocycles. The molecule has 2 rings (SSSR count). The average molecular weight is 266 g/mol. The van der Waals surface area contributed by atoms with E-state index in [1.54, 1.807) is 0 Å². The molecule has 0 amide bonds. The van der Waals surface area contributed by atoms with Crippen LogP contribution in [0.1, 0.15) is 26.3 Å². The second-order valence-electron chi connectivity index (χ2n) is 4.64. The Morgan fingerprint density at radius 3 is 2.56 bits per heavy atom. The Bertz CT molecular complexity index is 356. The first-order valence-electron chi connectivity index (χ1n) is 6.75. The van der Waals surface area contributed by atoms with Crippen LogP contribution in [0, 0.1) is 0 Å². The second kappa shape index (κ2) is 6.63. The molecule has 1 saturated heterocycles. The molecule has 0 aliphatic carbocycles. The van der Waals surface area contributed by atoms with Gasteiger partial charge in [0.2, 0.25) is 0 Å². The average Bonchev–Trinajstić information content (AvgIpc) is 2.73. The fourth-order valence-electron chi connectivity index (χ4n) is 2.26. The number of hydrogen-bond donors (Lipinski definition) is 0. The second-order valence-corrected chi connectivity index (χ2v) is 6.49. The third-order valence-electron chi connectivity index (χ3n) is 3.16. The predicted molar refractivity (Wildman–Crippen MR) is 77.2 cm³/mol. The van der Waals surface area contributed by atoms with Gasteiger partial charge < -0.3 is 4.52 Å². The standard InChI is InChI=1S/C14H23N2OP/c1-4-15(5-2)18-16(11-13(3)17-18)12-14-9-7-6-8-10-14/h6-10,13H,4-5,11-12H2,1-3H3/t13-,18-/m1/s1. The van der Waals surface area contributed by atoms with Crippen molar-refractivity contribution in [1.82, 2.24) is 9.34 Å². The quantitative estimate of drug-likeness (QED) is 0.759. The lowest BCUT2D eigenvalue weighted by Gasteiger charge is -2.30. The molecule has 0 spiro atoms. The van der Waals surface area contributed by atoms with Crippen molar-refractivity contribution in [2.45, 2.75) is 33.4 Å². The van der Waals surface area contributed by atoms with Gasteiger partial charge in [0, 0.05) is 26.2 Å². The van der Waals surface area contributed by atoms with Crippen molar-refractivity contribution < 1.29 is 4.52 Å². The molecular formula is C14H23N2OP. The SMILES string of the molecule is CCN(CC)[P@@]1O[C@H](C)CN1Cc1ccccc1. The zero-order valence-electron chi connectivity index (χ0n) is 11.5. The van der Waals surface area contributed by atoms with E-state index in [9.17, 15) is 0 Å². The smallest absolute Gasteiger partial charge is 0.188 e. The van der Waals surface area contributed by atoms with Crippen LogP contribution in [0.25, 0.3) is 0 Å². The Labute approximate surface area is 112 Å². The molecule has 0 bridgehead atoms. The van der Waals surface area contributed by atoms with E-state index in [0.717, 1.165) is 26.2 Å². The molecule has 0 N–H and O–H groups in total. The summed E-state index contributed by atoms with van der Waals surface area (Å²) in [6, 6.07) is 10.7. The lowest BCUT2D eigenvalue weighted by molar-refractivity contribution is 0.263. The van der Waals surface area contributed by atoms with E-state index in [-0.39, 0.29) is 0 Å². The lowest BCUT2D eigenvalue weighted by atomic mass is 10.2. The Morgan fingerprint density at radius 1 is 1.28 bits per heavy atom. The molecule has 0 radical (unpaired) electrons. The molecule has 18 heavy (non-hydrogen) atoms. The summed E-state index contributed by atoms with van der Waals surface area (Å²) in [5, 5.41) is 0. The minimum atomic E-state index is -0.569. The highest BCUT2D eigenvalue weighted by atomic mass is 31.2. The van der Waals surface area contributed by atoms with Crippen LogP contribution < -0.4 is 0 Å². The van der Waals surface area contributed by atoms with Gasteiger partial charge in [-0.25, -0.2) is 9.34 Å². The first kappa shape index (κ1) is 14.0. The summed E-state index contributed by atoms with van der Waals surface area (Å²) < 4.78 is 11.0. The van der Waals surface area contributed by atoms with Gasteiger partial charge in [0.15, 0.2) is 8.45 Å². The van der Waals surface area contributed by atoms with Crippen LogP contribution in [0.3, 0.4) is 0 Å². The minimum Gasteiger partial charge on any atom is -0.327 e. The van der Waals surface area contributed by atoms with Crippen LogP contribution >= 0.6 is 8.45 Å². The van der Waals surface area contributed by atoms with Gasteiger partial charge in [-0.2, -0.15) is 0 Å². The largest absolute Gasteiger partial charge is 0.327 e. The summed E-state index contributed by atoms with van der Waals surface area (Å²) in [6.07, 6.45) is 0.348. The van der Waals surface area contributed by atoms with Gasteiger partial charge >= 0.3 is 0 Å². The topological polar surface area (TPSA) is 15.7 Å². The molecular weight excluding hydrogens is 243 g/mol. The van der Waals surface area contributed by atoms with Crippen molar-refractivity contribution in [3.8, 4) is 0 Å². The highest BCUT2D eigenvalue weighted by Crippen LogP contribution is 2.51. The summed E-state index contributed by atoms with van der Waals surface area (Å²) in [5.41, 5.74) is 1.37. The van der Waals surface area contributed by atoms with E-state index in [4.69, 9.17) is 4.52 Å². The summed E-state index contributed by atoms with van der Waals surface area (Å²) in [6.45, 7) is 10.7. The van der Waals surface area contributed by atoms with Crippen LogP contribution in [0.5, 0.6) is 0 Å². The molecule has 0 saturated carbocycles. The third kappa shape index (κ3) is 3.30. The van der Waals surface area contributed by atoms with E-state index in [0.29, 0.717) is 6.10 Å². The first-order chi connectivity index (χ1) is 8.74. The monoisotopic (exact) mass is 266 g/mol. The normalized spacial score (nSPS) is 24.9. The van der Waals surface area contributed by atoms with E-state index in [1.807, 2.05) is 0 Å². The third-order valence-corrected chi connectivity index (χ3v) is 5.55. The summed E-state index contributed by atoms with van der Waals surface area (Å²) >= 11 is 0. The number of nitrogens with zero attached hydrogens (tertiary/aromatic N) is 2. The zero-order chi connectivity index (χ0) is 13.0. The van der Waals surface area contributed by atoms with Gasteiger partial charge in [-0.3, -0.25) is 0 Å². The summed E-state index contributed by atoms with van der Waals surface area (Å²) in [4.78, 5) is 0. The minimum absolute atomic E-state index is 0.348. The maximum atomic E-state index is 6.11. The number of benzene rings is 1.